The molecule has 2 aromatic rings. The number of likely N-dealkylation sites (tertiary alicyclic amines) is 1. The predicted octanol–water partition coefficient (Wildman–Crippen LogP) is 3.18. The molecule has 1 saturated carbocycles. The van der Waals surface area contributed by atoms with Crippen LogP contribution in [0.25, 0.3) is 0 Å². The predicted molar refractivity (Wildman–Crippen MR) is 95.3 cm³/mol. The first-order valence-corrected chi connectivity index (χ1v) is 9.30. The smallest absolute Gasteiger partial charge is 0.334 e. The lowest BCUT2D eigenvalue weighted by Gasteiger charge is -2.29. The number of halogens is 3. The van der Waals surface area contributed by atoms with Crippen LogP contribution >= 0.6 is 0 Å². The van der Waals surface area contributed by atoms with Crippen LogP contribution in [-0.4, -0.2) is 51.6 Å². The van der Waals surface area contributed by atoms with Crippen LogP contribution in [0.2, 0.25) is 0 Å². The third-order valence-electron chi connectivity index (χ3n) is 5.18. The van der Waals surface area contributed by atoms with Gasteiger partial charge in [-0.15, -0.1) is 0 Å². The minimum Gasteiger partial charge on any atom is -0.334 e. The molecule has 0 N–H and O–H groups in total. The summed E-state index contributed by atoms with van der Waals surface area (Å²) in [4.78, 5) is 16.5. The average Bonchev–Trinajstić information content (AvgIpc) is 3.38. The van der Waals surface area contributed by atoms with Crippen molar-refractivity contribution in [3.05, 3.63) is 48.0 Å². The lowest BCUT2D eigenvalue weighted by atomic mass is 10.2. The summed E-state index contributed by atoms with van der Waals surface area (Å²) in [6, 6.07) is 5.35. The van der Waals surface area contributed by atoms with Crippen molar-refractivity contribution < 1.29 is 13.2 Å². The van der Waals surface area contributed by atoms with E-state index in [1.807, 2.05) is 17.2 Å². The molecule has 2 fully saturated rings. The molecule has 8 heteroatoms. The summed E-state index contributed by atoms with van der Waals surface area (Å²) in [6.07, 6.45) is 4.23. The molecule has 1 aliphatic carbocycles. The first-order valence-electron chi connectivity index (χ1n) is 9.30. The summed E-state index contributed by atoms with van der Waals surface area (Å²) in [5.41, 5.74) is 0.325. The van der Waals surface area contributed by atoms with Crippen LogP contribution in [0.1, 0.15) is 30.5 Å². The quantitative estimate of drug-likeness (QED) is 0.774. The van der Waals surface area contributed by atoms with Crippen LogP contribution in [0.15, 0.2) is 36.8 Å². The van der Waals surface area contributed by atoms with Crippen LogP contribution in [0.4, 0.5) is 19.1 Å². The summed E-state index contributed by atoms with van der Waals surface area (Å²) >= 11 is 0. The zero-order valence-electron chi connectivity index (χ0n) is 14.9. The van der Waals surface area contributed by atoms with Crippen LogP contribution in [0, 0.1) is 0 Å². The highest BCUT2D eigenvalue weighted by molar-refractivity contribution is 5.37. The van der Waals surface area contributed by atoms with Gasteiger partial charge >= 0.3 is 6.18 Å². The van der Waals surface area contributed by atoms with Gasteiger partial charge in [0.25, 0.3) is 0 Å². The molecule has 144 valence electrons. The fourth-order valence-electron chi connectivity index (χ4n) is 3.68. The Balaban J connectivity index is 1.43. The van der Waals surface area contributed by atoms with Crippen molar-refractivity contribution in [2.75, 3.05) is 24.5 Å². The van der Waals surface area contributed by atoms with Crippen LogP contribution in [0.5, 0.6) is 0 Å². The van der Waals surface area contributed by atoms with Crippen molar-refractivity contribution in [1.82, 2.24) is 19.9 Å². The molecule has 0 spiro atoms. The molecule has 0 bridgehead atoms. The zero-order valence-corrected chi connectivity index (χ0v) is 14.9. The number of hydrogen-bond donors (Lipinski definition) is 0. The van der Waals surface area contributed by atoms with E-state index >= 15 is 0 Å². The van der Waals surface area contributed by atoms with Gasteiger partial charge < -0.3 is 9.80 Å². The Hall–Kier alpha value is -2.22. The molecular weight excluding hydrogens is 355 g/mol. The minimum atomic E-state index is -4.45. The fourth-order valence-corrected chi connectivity index (χ4v) is 3.68. The minimum absolute atomic E-state index is 0.162. The zero-order chi connectivity index (χ0) is 18.9. The molecule has 0 radical (unpaired) electrons. The number of rotatable bonds is 6. The van der Waals surface area contributed by atoms with E-state index in [4.69, 9.17) is 0 Å². The van der Waals surface area contributed by atoms with Crippen molar-refractivity contribution >= 4 is 5.95 Å². The van der Waals surface area contributed by atoms with Crippen LogP contribution in [-0.2, 0) is 12.6 Å². The average molecular weight is 377 g/mol. The molecule has 27 heavy (non-hydrogen) atoms. The maximum Gasteiger partial charge on any atom is 0.433 e. The summed E-state index contributed by atoms with van der Waals surface area (Å²) in [7, 11) is 0. The number of hydrogen-bond acceptors (Lipinski definition) is 5. The molecule has 1 atom stereocenters. The van der Waals surface area contributed by atoms with Gasteiger partial charge in [-0.2, -0.15) is 13.2 Å². The molecule has 5 nitrogen and oxygen atoms in total. The second-order valence-corrected chi connectivity index (χ2v) is 7.23. The standard InChI is InChI=1S/C19H22F3N5/c20-19(21,22)17-5-9-24-18(25-17)27(15-3-4-15)16-7-11-26(13-16)10-6-14-2-1-8-23-12-14/h1-2,5,8-9,12,15-16H,3-4,6-7,10-11,13H2. The van der Waals surface area contributed by atoms with E-state index < -0.39 is 11.9 Å². The van der Waals surface area contributed by atoms with Gasteiger partial charge in [0.1, 0.15) is 5.69 Å². The lowest BCUT2D eigenvalue weighted by Crippen LogP contribution is -2.41. The second kappa shape index (κ2) is 7.42. The molecule has 1 saturated heterocycles. The van der Waals surface area contributed by atoms with Crippen molar-refractivity contribution in [3.63, 3.8) is 0 Å². The summed E-state index contributed by atoms with van der Waals surface area (Å²) in [5.74, 6) is 0.214. The van der Waals surface area contributed by atoms with Gasteiger partial charge in [-0.05, 0) is 43.4 Å². The molecule has 2 aromatic heterocycles. The lowest BCUT2D eigenvalue weighted by molar-refractivity contribution is -0.141. The molecule has 1 unspecified atom stereocenters. The van der Waals surface area contributed by atoms with Crippen LogP contribution in [0.3, 0.4) is 0 Å². The number of aromatic nitrogens is 3. The molecule has 0 aromatic carbocycles. The fraction of sp³-hybridized carbons (Fsp3) is 0.526. The van der Waals surface area contributed by atoms with Gasteiger partial charge in [0.05, 0.1) is 0 Å². The van der Waals surface area contributed by atoms with E-state index in [9.17, 15) is 13.2 Å². The van der Waals surface area contributed by atoms with Crippen molar-refractivity contribution in [2.45, 2.75) is 43.9 Å². The Kier molecular flexibility index (Phi) is 4.99. The van der Waals surface area contributed by atoms with E-state index in [2.05, 4.69) is 25.9 Å². The summed E-state index contributed by atoms with van der Waals surface area (Å²) < 4.78 is 39.1. The SMILES string of the molecule is FC(F)(F)c1ccnc(N(C2CC2)C2CCN(CCc3cccnc3)C2)n1. The Morgan fingerprint density at radius 2 is 1.96 bits per heavy atom. The van der Waals surface area contributed by atoms with Gasteiger partial charge in [0, 0.05) is 50.3 Å². The topological polar surface area (TPSA) is 45.2 Å². The number of anilines is 1. The monoisotopic (exact) mass is 377 g/mol. The third kappa shape index (κ3) is 4.37. The number of pyridine rings is 1. The second-order valence-electron chi connectivity index (χ2n) is 7.23. The Morgan fingerprint density at radius 3 is 2.67 bits per heavy atom. The van der Waals surface area contributed by atoms with E-state index in [0.717, 1.165) is 51.4 Å². The largest absolute Gasteiger partial charge is 0.433 e. The van der Waals surface area contributed by atoms with Gasteiger partial charge in [0.2, 0.25) is 5.95 Å². The maximum absolute atomic E-state index is 13.0. The van der Waals surface area contributed by atoms with Crippen molar-refractivity contribution in [3.8, 4) is 0 Å². The van der Waals surface area contributed by atoms with Crippen molar-refractivity contribution in [2.24, 2.45) is 0 Å². The first kappa shape index (κ1) is 18.2. The normalized spacial score (nSPS) is 20.8. The molecule has 0 amide bonds. The molecule has 3 heterocycles. The van der Waals surface area contributed by atoms with E-state index in [1.54, 1.807) is 6.20 Å². The van der Waals surface area contributed by atoms with Gasteiger partial charge in [0.15, 0.2) is 0 Å². The molecule has 2 aliphatic rings. The first-order chi connectivity index (χ1) is 13.0. The highest BCUT2D eigenvalue weighted by atomic mass is 19.4. The Bertz CT molecular complexity index is 763. The van der Waals surface area contributed by atoms with Crippen molar-refractivity contribution in [1.29, 1.82) is 0 Å². The van der Waals surface area contributed by atoms with E-state index in [-0.39, 0.29) is 18.0 Å². The van der Waals surface area contributed by atoms with E-state index in [0.29, 0.717) is 0 Å². The number of alkyl halides is 3. The summed E-state index contributed by atoms with van der Waals surface area (Å²) in [5, 5.41) is 0. The molecule has 4 rings (SSSR count). The third-order valence-corrected chi connectivity index (χ3v) is 5.18. The van der Waals surface area contributed by atoms with E-state index in [1.165, 1.54) is 11.8 Å². The van der Waals surface area contributed by atoms with Gasteiger partial charge in [-0.1, -0.05) is 6.07 Å². The van der Waals surface area contributed by atoms with Crippen LogP contribution < -0.4 is 4.90 Å². The molecule has 1 aliphatic heterocycles. The highest BCUT2D eigenvalue weighted by Gasteiger charge is 2.40. The summed E-state index contributed by atoms with van der Waals surface area (Å²) in [6.45, 7) is 2.69. The van der Waals surface area contributed by atoms with Gasteiger partial charge in [-0.25, -0.2) is 9.97 Å². The Morgan fingerprint density at radius 1 is 1.11 bits per heavy atom. The Labute approximate surface area is 156 Å². The van der Waals surface area contributed by atoms with Gasteiger partial charge in [-0.3, -0.25) is 4.98 Å². The molecular formula is C19H22F3N5. The maximum atomic E-state index is 13.0. The number of nitrogens with zero attached hydrogens (tertiary/aromatic N) is 5. The highest BCUT2D eigenvalue weighted by Crippen LogP contribution is 2.35.